The van der Waals surface area contributed by atoms with Crippen molar-refractivity contribution >= 4 is 0 Å². The Labute approximate surface area is 76.3 Å². The van der Waals surface area contributed by atoms with Crippen LogP contribution in [0.25, 0.3) is 0 Å². The number of nitrogens with one attached hydrogen (secondary N) is 1. The molecule has 1 unspecified atom stereocenters. The Bertz CT molecular complexity index is 121. The lowest BCUT2D eigenvalue weighted by Crippen LogP contribution is -3.16. The second kappa shape index (κ2) is 4.83. The summed E-state index contributed by atoms with van der Waals surface area (Å²) in [5, 5.41) is 2.33. The lowest BCUT2D eigenvalue weighted by molar-refractivity contribution is -0.931. The van der Waals surface area contributed by atoms with Crippen molar-refractivity contribution in [1.29, 1.82) is 0 Å². The third-order valence-electron chi connectivity index (χ3n) is 3.05. The minimum absolute atomic E-state index is 0.824. The second-order valence-corrected chi connectivity index (χ2v) is 4.42. The van der Waals surface area contributed by atoms with E-state index in [1.807, 2.05) is 4.90 Å². The first kappa shape index (κ1) is 10.0. The first-order valence-corrected chi connectivity index (χ1v) is 5.36. The Hall–Kier alpha value is -0.0800. The average molecular weight is 172 g/mol. The van der Waals surface area contributed by atoms with Gasteiger partial charge < -0.3 is 10.2 Å². The highest BCUT2D eigenvalue weighted by Crippen LogP contribution is 2.04. The van der Waals surface area contributed by atoms with Crippen molar-refractivity contribution in [3.05, 3.63) is 0 Å². The molecule has 0 amide bonds. The van der Waals surface area contributed by atoms with Crippen molar-refractivity contribution in [3.63, 3.8) is 0 Å². The fraction of sp³-hybridized carbons (Fsp3) is 1.00. The SMILES string of the molecule is C[NH2+]C[C@@H]1CCC[NH+](C(C)C)C1. The number of piperidine rings is 1. The summed E-state index contributed by atoms with van der Waals surface area (Å²) in [6.07, 6.45) is 2.90. The van der Waals surface area contributed by atoms with Gasteiger partial charge >= 0.3 is 0 Å². The molecular formula is C10H24N2+2. The Balaban J connectivity index is 2.30. The predicted octanol–water partition coefficient (Wildman–Crippen LogP) is -1.12. The maximum absolute atomic E-state index is 2.34. The molecule has 2 heteroatoms. The van der Waals surface area contributed by atoms with E-state index in [0.29, 0.717) is 0 Å². The summed E-state index contributed by atoms with van der Waals surface area (Å²) in [5.74, 6) is 0.973. The van der Waals surface area contributed by atoms with Crippen LogP contribution in [0.1, 0.15) is 26.7 Å². The van der Waals surface area contributed by atoms with Crippen molar-refractivity contribution in [2.75, 3.05) is 26.7 Å². The number of hydrogen-bond donors (Lipinski definition) is 2. The molecule has 0 saturated carbocycles. The van der Waals surface area contributed by atoms with Crippen LogP contribution in [-0.4, -0.2) is 32.7 Å². The van der Waals surface area contributed by atoms with E-state index in [1.54, 1.807) is 0 Å². The second-order valence-electron chi connectivity index (χ2n) is 4.42. The molecule has 3 N–H and O–H groups in total. The van der Waals surface area contributed by atoms with Gasteiger partial charge in [0.05, 0.1) is 38.6 Å². The standard InChI is InChI=1S/C10H22N2/c1-9(2)12-6-4-5-10(8-12)7-11-3/h9-11H,4-8H2,1-3H3/p+2/t10-/m0/s1. The molecule has 2 atom stereocenters. The Kier molecular flexibility index (Phi) is 4.02. The van der Waals surface area contributed by atoms with Crippen molar-refractivity contribution in [2.45, 2.75) is 32.7 Å². The monoisotopic (exact) mass is 172 g/mol. The summed E-state index contributed by atoms with van der Waals surface area (Å²) in [4.78, 5) is 1.81. The van der Waals surface area contributed by atoms with E-state index in [4.69, 9.17) is 0 Å². The molecule has 0 aromatic rings. The molecule has 1 heterocycles. The fourth-order valence-electron chi connectivity index (χ4n) is 2.25. The maximum Gasteiger partial charge on any atom is 0.0856 e. The summed E-state index contributed by atoms with van der Waals surface area (Å²) in [7, 11) is 2.18. The Morgan fingerprint density at radius 1 is 1.50 bits per heavy atom. The molecule has 0 aromatic heterocycles. The van der Waals surface area contributed by atoms with Crippen LogP contribution in [0.15, 0.2) is 0 Å². The molecule has 12 heavy (non-hydrogen) atoms. The molecule has 1 fully saturated rings. The van der Waals surface area contributed by atoms with Crippen LogP contribution in [0, 0.1) is 5.92 Å². The molecule has 1 saturated heterocycles. The molecule has 0 aromatic carbocycles. The summed E-state index contributed by atoms with van der Waals surface area (Å²) in [6, 6.07) is 0.824. The molecule has 2 nitrogen and oxygen atoms in total. The van der Waals surface area contributed by atoms with E-state index >= 15 is 0 Å². The lowest BCUT2D eigenvalue weighted by atomic mass is 9.97. The molecule has 0 spiro atoms. The van der Waals surface area contributed by atoms with Crippen molar-refractivity contribution in [1.82, 2.24) is 0 Å². The van der Waals surface area contributed by atoms with Gasteiger partial charge in [-0.25, -0.2) is 0 Å². The Morgan fingerprint density at radius 3 is 2.83 bits per heavy atom. The van der Waals surface area contributed by atoms with Crippen LogP contribution in [0.2, 0.25) is 0 Å². The zero-order chi connectivity index (χ0) is 8.97. The molecular weight excluding hydrogens is 148 g/mol. The maximum atomic E-state index is 2.34. The van der Waals surface area contributed by atoms with E-state index < -0.39 is 0 Å². The predicted molar refractivity (Wildman–Crippen MR) is 51.3 cm³/mol. The van der Waals surface area contributed by atoms with Crippen LogP contribution < -0.4 is 10.2 Å². The molecule has 0 bridgehead atoms. The molecule has 0 aliphatic carbocycles. The topological polar surface area (TPSA) is 21.1 Å². The lowest BCUT2D eigenvalue weighted by Gasteiger charge is -2.31. The fourth-order valence-corrected chi connectivity index (χ4v) is 2.25. The van der Waals surface area contributed by atoms with Gasteiger partial charge in [-0.2, -0.15) is 0 Å². The van der Waals surface area contributed by atoms with Crippen LogP contribution in [0.4, 0.5) is 0 Å². The van der Waals surface area contributed by atoms with E-state index in [-0.39, 0.29) is 0 Å². The van der Waals surface area contributed by atoms with Crippen LogP contribution in [0.5, 0.6) is 0 Å². The van der Waals surface area contributed by atoms with E-state index in [0.717, 1.165) is 12.0 Å². The zero-order valence-electron chi connectivity index (χ0n) is 8.77. The quantitative estimate of drug-likeness (QED) is 0.538. The number of likely N-dealkylation sites (tertiary alicyclic amines) is 1. The van der Waals surface area contributed by atoms with Crippen LogP contribution in [-0.2, 0) is 0 Å². The molecule has 72 valence electrons. The van der Waals surface area contributed by atoms with Gasteiger partial charge in [0.2, 0.25) is 0 Å². The highest BCUT2D eigenvalue weighted by molar-refractivity contribution is 4.60. The van der Waals surface area contributed by atoms with Crippen molar-refractivity contribution < 1.29 is 10.2 Å². The minimum Gasteiger partial charge on any atom is -0.348 e. The normalized spacial score (nSPS) is 31.0. The summed E-state index contributed by atoms with van der Waals surface area (Å²) < 4.78 is 0. The first-order valence-electron chi connectivity index (χ1n) is 5.36. The largest absolute Gasteiger partial charge is 0.348 e. The van der Waals surface area contributed by atoms with Gasteiger partial charge in [-0.3, -0.25) is 0 Å². The molecule has 1 aliphatic rings. The van der Waals surface area contributed by atoms with Crippen molar-refractivity contribution in [3.8, 4) is 0 Å². The number of rotatable bonds is 3. The van der Waals surface area contributed by atoms with Crippen LogP contribution >= 0.6 is 0 Å². The van der Waals surface area contributed by atoms with Crippen molar-refractivity contribution in [2.24, 2.45) is 5.92 Å². The minimum atomic E-state index is 0.824. The van der Waals surface area contributed by atoms with Gasteiger partial charge in [0.25, 0.3) is 0 Å². The number of quaternary nitrogens is 2. The number of hydrogen-bond acceptors (Lipinski definition) is 0. The first-order chi connectivity index (χ1) is 5.74. The molecule has 1 rings (SSSR count). The van der Waals surface area contributed by atoms with Gasteiger partial charge in [-0.15, -0.1) is 0 Å². The summed E-state index contributed by atoms with van der Waals surface area (Å²) >= 11 is 0. The average Bonchev–Trinajstić information content (AvgIpc) is 2.05. The summed E-state index contributed by atoms with van der Waals surface area (Å²) in [5.41, 5.74) is 0. The van der Waals surface area contributed by atoms with E-state index in [2.05, 4.69) is 26.2 Å². The smallest absolute Gasteiger partial charge is 0.0856 e. The van der Waals surface area contributed by atoms with Gasteiger partial charge in [-0.05, 0) is 26.7 Å². The number of nitrogens with two attached hydrogens (primary N) is 1. The van der Waals surface area contributed by atoms with Gasteiger partial charge in [-0.1, -0.05) is 0 Å². The zero-order valence-corrected chi connectivity index (χ0v) is 8.77. The highest BCUT2D eigenvalue weighted by atomic mass is 15.2. The van der Waals surface area contributed by atoms with Gasteiger partial charge in [0.1, 0.15) is 0 Å². The van der Waals surface area contributed by atoms with Crippen LogP contribution in [0.3, 0.4) is 0 Å². The molecule has 0 radical (unpaired) electrons. The third-order valence-corrected chi connectivity index (χ3v) is 3.05. The summed E-state index contributed by atoms with van der Waals surface area (Å²) in [6.45, 7) is 8.82. The molecule has 1 aliphatic heterocycles. The third kappa shape index (κ3) is 2.76. The van der Waals surface area contributed by atoms with E-state index in [1.165, 1.54) is 32.5 Å². The highest BCUT2D eigenvalue weighted by Gasteiger charge is 2.25. The van der Waals surface area contributed by atoms with E-state index in [9.17, 15) is 0 Å². The van der Waals surface area contributed by atoms with Gasteiger partial charge in [0.15, 0.2) is 0 Å². The Morgan fingerprint density at radius 2 is 2.25 bits per heavy atom. The van der Waals surface area contributed by atoms with Gasteiger partial charge in [0, 0.05) is 0 Å².